The second kappa shape index (κ2) is 9.59. The molecule has 144 valence electrons. The molecule has 12 heteroatoms. The van der Waals surface area contributed by atoms with E-state index in [2.05, 4.69) is 10.0 Å². The smallest absolute Gasteiger partial charge is 0.304 e. The maximum atomic E-state index is 11.5. The molecule has 0 aromatic carbocycles. The van der Waals surface area contributed by atoms with Crippen LogP contribution in [0.1, 0.15) is 27.7 Å². The van der Waals surface area contributed by atoms with Crippen LogP contribution in [0.15, 0.2) is 5.11 Å². The fourth-order valence-corrected chi connectivity index (χ4v) is 2.33. The lowest BCUT2D eigenvalue weighted by Crippen LogP contribution is -2.61. The van der Waals surface area contributed by atoms with Crippen LogP contribution in [0, 0.1) is 0 Å². The lowest BCUT2D eigenvalue weighted by atomic mass is 9.97. The maximum absolute atomic E-state index is 11.5. The van der Waals surface area contributed by atoms with Gasteiger partial charge in [-0.05, 0) is 5.53 Å². The molecule has 1 aliphatic heterocycles. The summed E-state index contributed by atoms with van der Waals surface area (Å²) in [6.45, 7) is 4.06. The molecule has 0 spiro atoms. The summed E-state index contributed by atoms with van der Waals surface area (Å²) in [7, 11) is 0. The molecule has 1 aliphatic rings. The first-order valence-corrected chi connectivity index (χ1v) is 7.50. The summed E-state index contributed by atoms with van der Waals surface area (Å²) >= 11 is 0. The van der Waals surface area contributed by atoms with Crippen molar-refractivity contribution in [1.82, 2.24) is 0 Å². The van der Waals surface area contributed by atoms with E-state index < -0.39 is 54.5 Å². The molecule has 0 radical (unpaired) electrons. The summed E-state index contributed by atoms with van der Waals surface area (Å²) in [4.78, 5) is 47.9. The van der Waals surface area contributed by atoms with Gasteiger partial charge < -0.3 is 23.7 Å². The molecule has 0 aromatic heterocycles. The molecule has 1 fully saturated rings. The van der Waals surface area contributed by atoms with Crippen molar-refractivity contribution in [1.29, 1.82) is 0 Å². The lowest BCUT2D eigenvalue weighted by Gasteiger charge is -2.42. The Hall–Kier alpha value is -2.85. The van der Waals surface area contributed by atoms with Crippen molar-refractivity contribution in [3.63, 3.8) is 0 Å². The average molecular weight is 373 g/mol. The van der Waals surface area contributed by atoms with Gasteiger partial charge in [-0.2, -0.15) is 0 Å². The molecule has 26 heavy (non-hydrogen) atoms. The lowest BCUT2D eigenvalue weighted by molar-refractivity contribution is -0.267. The molecule has 5 atom stereocenters. The zero-order chi connectivity index (χ0) is 19.9. The van der Waals surface area contributed by atoms with Gasteiger partial charge in [0.25, 0.3) is 0 Å². The van der Waals surface area contributed by atoms with Gasteiger partial charge in [-0.3, -0.25) is 19.2 Å². The Balaban J connectivity index is 3.28. The highest BCUT2D eigenvalue weighted by Gasteiger charge is 2.51. The van der Waals surface area contributed by atoms with Crippen LogP contribution in [0.25, 0.3) is 10.4 Å². The molecule has 0 N–H and O–H groups in total. The monoisotopic (exact) mass is 373 g/mol. The van der Waals surface area contributed by atoms with Gasteiger partial charge in [0, 0.05) is 32.6 Å². The van der Waals surface area contributed by atoms with Crippen LogP contribution in [0.3, 0.4) is 0 Å². The van der Waals surface area contributed by atoms with Crippen LogP contribution < -0.4 is 0 Å². The summed E-state index contributed by atoms with van der Waals surface area (Å²) in [5, 5.41) is 3.44. The van der Waals surface area contributed by atoms with Gasteiger partial charge in [-0.15, -0.1) is 0 Å². The molecule has 12 nitrogen and oxygen atoms in total. The summed E-state index contributed by atoms with van der Waals surface area (Å²) in [6.07, 6.45) is -5.18. The minimum absolute atomic E-state index is 0.383. The van der Waals surface area contributed by atoms with Crippen LogP contribution in [0.2, 0.25) is 0 Å². The first-order chi connectivity index (χ1) is 12.1. The fourth-order valence-electron chi connectivity index (χ4n) is 2.33. The highest BCUT2D eigenvalue weighted by Crippen LogP contribution is 2.29. The fraction of sp³-hybridized carbons (Fsp3) is 0.714. The van der Waals surface area contributed by atoms with E-state index in [4.69, 9.17) is 29.2 Å². The topological polar surface area (TPSA) is 163 Å². The molecule has 2 unspecified atom stereocenters. The molecule has 1 saturated heterocycles. The van der Waals surface area contributed by atoms with E-state index in [0.717, 1.165) is 27.7 Å². The third-order valence-electron chi connectivity index (χ3n) is 3.14. The summed E-state index contributed by atoms with van der Waals surface area (Å²) in [5.41, 5.74) is 8.78. The number of carbonyl (C=O) groups is 4. The minimum Gasteiger partial charge on any atom is -0.463 e. The average Bonchev–Trinajstić information content (AvgIpc) is 2.49. The van der Waals surface area contributed by atoms with E-state index in [9.17, 15) is 19.2 Å². The normalized spacial score (nSPS) is 27.5. The number of azide groups is 1. The van der Waals surface area contributed by atoms with Gasteiger partial charge in [0.1, 0.15) is 18.8 Å². The van der Waals surface area contributed by atoms with Crippen molar-refractivity contribution in [3.8, 4) is 0 Å². The Labute approximate surface area is 148 Å². The number of nitrogens with zero attached hydrogens (tertiary/aromatic N) is 3. The molecule has 0 aliphatic carbocycles. The first-order valence-electron chi connectivity index (χ1n) is 7.50. The largest absolute Gasteiger partial charge is 0.463 e. The first kappa shape index (κ1) is 21.2. The number of esters is 4. The van der Waals surface area contributed by atoms with Crippen LogP contribution >= 0.6 is 0 Å². The number of hydrogen-bond donors (Lipinski definition) is 0. The van der Waals surface area contributed by atoms with Gasteiger partial charge in [-0.25, -0.2) is 0 Å². The number of ether oxygens (including phenoxy) is 5. The van der Waals surface area contributed by atoms with Crippen molar-refractivity contribution < 1.29 is 42.9 Å². The Morgan fingerprint density at radius 3 is 1.92 bits per heavy atom. The summed E-state index contributed by atoms with van der Waals surface area (Å²) in [6, 6.07) is -1.33. The van der Waals surface area contributed by atoms with E-state index in [0.29, 0.717) is 0 Å². The van der Waals surface area contributed by atoms with Crippen LogP contribution in [0.4, 0.5) is 0 Å². The molecule has 0 amide bonds. The van der Waals surface area contributed by atoms with Crippen molar-refractivity contribution in [2.75, 3.05) is 6.61 Å². The standard InChI is InChI=1S/C14H19N3O9/c1-6(18)22-5-10-12(23-7(2)19)13(24-8(3)20)11(16-17-15)14(26-10)25-9(4)21/h10-14H,5H2,1-4H3/t10?,11?,12-,13+,14+/m0/s1. The van der Waals surface area contributed by atoms with E-state index in [1.807, 2.05) is 0 Å². The Bertz CT molecular complexity index is 617. The maximum Gasteiger partial charge on any atom is 0.304 e. The highest BCUT2D eigenvalue weighted by molar-refractivity contribution is 5.68. The second-order valence-corrected chi connectivity index (χ2v) is 5.30. The molecule has 0 aromatic rings. The molecule has 1 rings (SSSR count). The third-order valence-corrected chi connectivity index (χ3v) is 3.14. The number of carbonyl (C=O) groups excluding carboxylic acids is 4. The zero-order valence-corrected chi connectivity index (χ0v) is 14.6. The Kier molecular flexibility index (Phi) is 7.81. The van der Waals surface area contributed by atoms with E-state index >= 15 is 0 Å². The molecule has 1 heterocycles. The van der Waals surface area contributed by atoms with Gasteiger partial charge >= 0.3 is 23.9 Å². The van der Waals surface area contributed by atoms with Gasteiger partial charge in [0.05, 0.1) is 0 Å². The van der Waals surface area contributed by atoms with Gasteiger partial charge in [0.2, 0.25) is 6.29 Å². The predicted molar refractivity (Wildman–Crippen MR) is 81.1 cm³/mol. The summed E-state index contributed by atoms with van der Waals surface area (Å²) < 4.78 is 25.5. The van der Waals surface area contributed by atoms with E-state index in [1.54, 1.807) is 0 Å². The molecular formula is C14H19N3O9. The molecule has 0 saturated carbocycles. The van der Waals surface area contributed by atoms with Gasteiger partial charge in [0.15, 0.2) is 12.2 Å². The quantitative estimate of drug-likeness (QED) is 0.210. The van der Waals surface area contributed by atoms with E-state index in [1.165, 1.54) is 0 Å². The molecule has 0 bridgehead atoms. The van der Waals surface area contributed by atoms with Crippen LogP contribution in [0.5, 0.6) is 0 Å². The van der Waals surface area contributed by atoms with Crippen LogP contribution in [-0.2, 0) is 42.9 Å². The highest BCUT2D eigenvalue weighted by atomic mass is 16.7. The van der Waals surface area contributed by atoms with Crippen LogP contribution in [-0.4, -0.2) is 61.1 Å². The van der Waals surface area contributed by atoms with Gasteiger partial charge in [-0.1, -0.05) is 5.11 Å². The van der Waals surface area contributed by atoms with E-state index in [-0.39, 0.29) is 6.61 Å². The third kappa shape index (κ3) is 6.22. The Morgan fingerprint density at radius 1 is 0.923 bits per heavy atom. The van der Waals surface area contributed by atoms with Crippen molar-refractivity contribution in [2.45, 2.75) is 58.3 Å². The minimum atomic E-state index is -1.44. The summed E-state index contributed by atoms with van der Waals surface area (Å²) in [5.74, 6) is -2.90. The van der Waals surface area contributed by atoms with Crippen molar-refractivity contribution >= 4 is 23.9 Å². The number of rotatable bonds is 6. The van der Waals surface area contributed by atoms with Crippen molar-refractivity contribution in [2.24, 2.45) is 5.11 Å². The predicted octanol–water partition coefficient (Wildman–Crippen LogP) is 0.380. The second-order valence-electron chi connectivity index (χ2n) is 5.30. The SMILES string of the molecule is CC(=O)OCC1O[C@@H](OC(C)=O)C(N=[N+]=[N-])[C@@H](OC(C)=O)[C@H]1OC(C)=O. The zero-order valence-electron chi connectivity index (χ0n) is 14.6. The number of hydrogen-bond acceptors (Lipinski definition) is 10. The van der Waals surface area contributed by atoms with Crippen molar-refractivity contribution in [3.05, 3.63) is 10.4 Å². The molecular weight excluding hydrogens is 354 g/mol. The Morgan fingerprint density at radius 2 is 1.46 bits per heavy atom.